The van der Waals surface area contributed by atoms with E-state index >= 15 is 0 Å². The fraction of sp³-hybridized carbons (Fsp3) is 0.364. The molecule has 2 aromatic rings. The van der Waals surface area contributed by atoms with E-state index in [0.29, 0.717) is 5.92 Å². The molecule has 2 aromatic carbocycles. The van der Waals surface area contributed by atoms with Crippen LogP contribution in [-0.4, -0.2) is 24.5 Å². The lowest BCUT2D eigenvalue weighted by Gasteiger charge is -2.34. The second-order valence-electron chi connectivity index (χ2n) is 7.01. The summed E-state index contributed by atoms with van der Waals surface area (Å²) in [6.07, 6.45) is 8.55. The van der Waals surface area contributed by atoms with Crippen LogP contribution in [0.5, 0.6) is 0 Å². The molecule has 1 heterocycles. The van der Waals surface area contributed by atoms with Gasteiger partial charge in [0.15, 0.2) is 0 Å². The summed E-state index contributed by atoms with van der Waals surface area (Å²) in [4.78, 5) is 2.67. The highest BCUT2D eigenvalue weighted by molar-refractivity contribution is 5.85. The number of likely N-dealkylation sites (tertiary alicyclic amines) is 1. The zero-order chi connectivity index (χ0) is 15.5. The molecule has 0 amide bonds. The summed E-state index contributed by atoms with van der Waals surface area (Å²) in [7, 11) is 0. The monoisotopic (exact) mass is 339 g/mol. The summed E-state index contributed by atoms with van der Waals surface area (Å²) < 4.78 is 0. The van der Waals surface area contributed by atoms with E-state index in [-0.39, 0.29) is 12.4 Å². The molecule has 24 heavy (non-hydrogen) atoms. The van der Waals surface area contributed by atoms with Gasteiger partial charge in [-0.2, -0.15) is 0 Å². The van der Waals surface area contributed by atoms with Crippen LogP contribution in [0.4, 0.5) is 0 Å². The van der Waals surface area contributed by atoms with Gasteiger partial charge in [0, 0.05) is 6.54 Å². The van der Waals surface area contributed by atoms with Crippen molar-refractivity contribution < 1.29 is 0 Å². The number of hydrogen-bond acceptors (Lipinski definition) is 1. The minimum Gasteiger partial charge on any atom is -0.303 e. The zero-order valence-corrected chi connectivity index (χ0v) is 14.9. The Morgan fingerprint density at radius 3 is 2.38 bits per heavy atom. The van der Waals surface area contributed by atoms with Crippen LogP contribution in [0.25, 0.3) is 6.08 Å². The molecule has 0 N–H and O–H groups in total. The number of benzene rings is 2. The van der Waals surface area contributed by atoms with E-state index < -0.39 is 0 Å². The van der Waals surface area contributed by atoms with Crippen molar-refractivity contribution in [2.24, 2.45) is 5.92 Å². The van der Waals surface area contributed by atoms with Crippen molar-refractivity contribution in [1.82, 2.24) is 4.90 Å². The van der Waals surface area contributed by atoms with Crippen LogP contribution in [-0.2, 0) is 6.42 Å². The molecule has 0 radical (unpaired) electrons. The van der Waals surface area contributed by atoms with Crippen molar-refractivity contribution in [3.8, 4) is 0 Å². The van der Waals surface area contributed by atoms with Crippen molar-refractivity contribution >= 4 is 18.5 Å². The first-order valence-electron chi connectivity index (χ1n) is 8.92. The third-order valence-corrected chi connectivity index (χ3v) is 5.44. The molecule has 1 unspecified atom stereocenters. The van der Waals surface area contributed by atoms with Crippen molar-refractivity contribution in [2.75, 3.05) is 19.6 Å². The number of rotatable bonds is 3. The van der Waals surface area contributed by atoms with Gasteiger partial charge in [-0.05, 0) is 60.9 Å². The van der Waals surface area contributed by atoms with Gasteiger partial charge in [-0.1, -0.05) is 66.7 Å². The molecule has 2 heteroatoms. The van der Waals surface area contributed by atoms with Gasteiger partial charge in [0.05, 0.1) is 0 Å². The van der Waals surface area contributed by atoms with Gasteiger partial charge in [0.2, 0.25) is 0 Å². The van der Waals surface area contributed by atoms with Crippen LogP contribution >= 0.6 is 12.4 Å². The Hall–Kier alpha value is -1.57. The van der Waals surface area contributed by atoms with E-state index in [1.165, 1.54) is 55.6 Å². The summed E-state index contributed by atoms with van der Waals surface area (Å²) in [6, 6.07) is 19.9. The Morgan fingerprint density at radius 1 is 0.875 bits per heavy atom. The molecule has 0 spiro atoms. The molecule has 1 aliphatic heterocycles. The molecule has 0 saturated carbocycles. The molecule has 2 aliphatic rings. The number of piperidine rings is 1. The molecule has 0 aromatic heterocycles. The minimum atomic E-state index is 0. The van der Waals surface area contributed by atoms with Crippen molar-refractivity contribution in [1.29, 1.82) is 0 Å². The third kappa shape index (κ3) is 3.91. The van der Waals surface area contributed by atoms with E-state index in [2.05, 4.69) is 71.6 Å². The molecule has 1 nitrogen and oxygen atoms in total. The van der Waals surface area contributed by atoms with E-state index in [4.69, 9.17) is 0 Å². The lowest BCUT2D eigenvalue weighted by Crippen LogP contribution is -2.37. The van der Waals surface area contributed by atoms with Crippen LogP contribution < -0.4 is 0 Å². The standard InChI is InChI=1S/C22H25N.ClH/c1-2-6-19(7-3-1)21-12-14-23(15-13-21)17-18-10-11-20-8-4-5-9-22(20)16-18;/h1-11,18,21H,12-17H2;1H. The van der Waals surface area contributed by atoms with Gasteiger partial charge in [0.25, 0.3) is 0 Å². The summed E-state index contributed by atoms with van der Waals surface area (Å²) in [6.45, 7) is 3.70. The van der Waals surface area contributed by atoms with Crippen molar-refractivity contribution in [3.05, 3.63) is 77.4 Å². The predicted molar refractivity (Wildman–Crippen MR) is 105 cm³/mol. The second kappa shape index (κ2) is 8.00. The van der Waals surface area contributed by atoms with Crippen LogP contribution in [0.3, 0.4) is 0 Å². The average Bonchev–Trinajstić information content (AvgIpc) is 2.63. The Bertz CT molecular complexity index is 671. The van der Waals surface area contributed by atoms with Crippen LogP contribution in [0.2, 0.25) is 0 Å². The molecular formula is C22H26ClN. The lowest BCUT2D eigenvalue weighted by atomic mass is 9.87. The van der Waals surface area contributed by atoms with Gasteiger partial charge in [0.1, 0.15) is 0 Å². The highest BCUT2D eigenvalue weighted by Gasteiger charge is 2.23. The maximum atomic E-state index is 2.67. The number of halogens is 1. The molecular weight excluding hydrogens is 314 g/mol. The first-order valence-corrected chi connectivity index (χ1v) is 8.92. The van der Waals surface area contributed by atoms with Crippen molar-refractivity contribution in [3.63, 3.8) is 0 Å². The van der Waals surface area contributed by atoms with Crippen LogP contribution in [0.15, 0.2) is 60.7 Å². The molecule has 1 atom stereocenters. The first kappa shape index (κ1) is 17.3. The fourth-order valence-electron chi connectivity index (χ4n) is 4.10. The zero-order valence-electron chi connectivity index (χ0n) is 14.1. The van der Waals surface area contributed by atoms with E-state index in [1.807, 2.05) is 0 Å². The van der Waals surface area contributed by atoms with E-state index in [1.54, 1.807) is 0 Å². The maximum Gasteiger partial charge on any atom is 0.00477 e. The second-order valence-corrected chi connectivity index (χ2v) is 7.01. The van der Waals surface area contributed by atoms with Gasteiger partial charge < -0.3 is 4.90 Å². The average molecular weight is 340 g/mol. The van der Waals surface area contributed by atoms with Gasteiger partial charge in [-0.3, -0.25) is 0 Å². The van der Waals surface area contributed by atoms with Gasteiger partial charge in [-0.25, -0.2) is 0 Å². The topological polar surface area (TPSA) is 3.24 Å². The predicted octanol–water partition coefficient (Wildman–Crippen LogP) is 5.17. The Morgan fingerprint density at radius 2 is 1.58 bits per heavy atom. The minimum absolute atomic E-state index is 0. The Labute approximate surface area is 151 Å². The molecule has 1 saturated heterocycles. The van der Waals surface area contributed by atoms with Crippen LogP contribution in [0, 0.1) is 5.92 Å². The highest BCUT2D eigenvalue weighted by Crippen LogP contribution is 2.29. The smallest absolute Gasteiger partial charge is 0.00477 e. The summed E-state index contributed by atoms with van der Waals surface area (Å²) in [5.41, 5.74) is 4.45. The Kier molecular flexibility index (Phi) is 5.76. The molecule has 1 aliphatic carbocycles. The normalized spacial score (nSPS) is 21.1. The first-order chi connectivity index (χ1) is 11.4. The van der Waals surface area contributed by atoms with E-state index in [9.17, 15) is 0 Å². The quantitative estimate of drug-likeness (QED) is 0.745. The fourth-order valence-corrected chi connectivity index (χ4v) is 4.10. The number of nitrogens with zero attached hydrogens (tertiary/aromatic N) is 1. The molecule has 4 rings (SSSR count). The third-order valence-electron chi connectivity index (χ3n) is 5.44. The lowest BCUT2D eigenvalue weighted by molar-refractivity contribution is 0.194. The highest BCUT2D eigenvalue weighted by atomic mass is 35.5. The summed E-state index contributed by atoms with van der Waals surface area (Å²) in [5, 5.41) is 0. The van der Waals surface area contributed by atoms with E-state index in [0.717, 1.165) is 5.92 Å². The maximum absolute atomic E-state index is 2.67. The molecule has 1 fully saturated rings. The SMILES string of the molecule is C1=CC(CN2CCC(c3ccccc3)CC2)Cc2ccccc21.Cl. The van der Waals surface area contributed by atoms with Crippen molar-refractivity contribution in [2.45, 2.75) is 25.2 Å². The van der Waals surface area contributed by atoms with Gasteiger partial charge in [-0.15, -0.1) is 12.4 Å². The number of fused-ring (bicyclic) bond motifs is 1. The Balaban J connectivity index is 0.00000169. The molecule has 0 bridgehead atoms. The van der Waals surface area contributed by atoms with Gasteiger partial charge >= 0.3 is 0 Å². The molecule has 126 valence electrons. The number of hydrogen-bond donors (Lipinski definition) is 0. The summed E-state index contributed by atoms with van der Waals surface area (Å²) >= 11 is 0. The summed E-state index contributed by atoms with van der Waals surface area (Å²) in [5.74, 6) is 1.44. The van der Waals surface area contributed by atoms with Crippen LogP contribution in [0.1, 0.15) is 35.4 Å². The largest absolute Gasteiger partial charge is 0.303 e.